The van der Waals surface area contributed by atoms with E-state index in [4.69, 9.17) is 11.6 Å². The van der Waals surface area contributed by atoms with Crippen LogP contribution >= 0.6 is 11.6 Å². The van der Waals surface area contributed by atoms with Crippen LogP contribution in [0.2, 0.25) is 0 Å². The van der Waals surface area contributed by atoms with Crippen LogP contribution in [0.25, 0.3) is 0 Å². The molecule has 1 aliphatic heterocycles. The zero-order valence-corrected chi connectivity index (χ0v) is 15.3. The number of aryl methyl sites for hydroxylation is 3. The number of carbonyl (C=O) groups is 1. The summed E-state index contributed by atoms with van der Waals surface area (Å²) in [4.78, 5) is 21.5. The summed E-state index contributed by atoms with van der Waals surface area (Å²) in [6.45, 7) is 6.83. The Labute approximate surface area is 148 Å². The van der Waals surface area contributed by atoms with Gasteiger partial charge < -0.3 is 9.80 Å². The maximum Gasteiger partial charge on any atom is 0.261 e. The van der Waals surface area contributed by atoms with Crippen molar-refractivity contribution >= 4 is 34.7 Å². The largest absolute Gasteiger partial charge is 0.324 e. The molecule has 5 heteroatoms. The number of fused-ring (bicyclic) bond motifs is 2. The van der Waals surface area contributed by atoms with Gasteiger partial charge in [-0.2, -0.15) is 0 Å². The van der Waals surface area contributed by atoms with E-state index >= 15 is 0 Å². The van der Waals surface area contributed by atoms with Gasteiger partial charge in [-0.05, 0) is 62.6 Å². The summed E-state index contributed by atoms with van der Waals surface area (Å²) < 4.78 is 0. The molecule has 0 spiro atoms. The van der Waals surface area contributed by atoms with Crippen molar-refractivity contribution in [1.82, 2.24) is 4.98 Å². The molecule has 2 aromatic rings. The van der Waals surface area contributed by atoms with E-state index in [9.17, 15) is 4.79 Å². The minimum Gasteiger partial charge on any atom is -0.324 e. The van der Waals surface area contributed by atoms with E-state index in [1.54, 1.807) is 4.90 Å². The monoisotopic (exact) mass is 343 g/mol. The molecule has 1 aromatic heterocycles. The summed E-state index contributed by atoms with van der Waals surface area (Å²) in [5.74, 6) is 1.26. The van der Waals surface area contributed by atoms with Gasteiger partial charge in [0.25, 0.3) is 5.91 Å². The Morgan fingerprint density at radius 3 is 2.42 bits per heavy atom. The highest BCUT2D eigenvalue weighted by molar-refractivity contribution is 6.18. The molecule has 0 bridgehead atoms. The number of hydrogen-bond acceptors (Lipinski definition) is 3. The van der Waals surface area contributed by atoms with Gasteiger partial charge in [0.15, 0.2) is 0 Å². The fraction of sp³-hybridized carbons (Fsp3) is 0.368. The average Bonchev–Trinajstić information content (AvgIpc) is 2.63. The third kappa shape index (κ3) is 2.75. The van der Waals surface area contributed by atoms with Gasteiger partial charge in [0.05, 0.1) is 16.9 Å². The molecule has 3 rings (SSSR count). The van der Waals surface area contributed by atoms with E-state index in [0.717, 1.165) is 35.9 Å². The second-order valence-electron chi connectivity index (χ2n) is 6.31. The summed E-state index contributed by atoms with van der Waals surface area (Å²) in [6.07, 6.45) is 0.820. The van der Waals surface area contributed by atoms with Crippen LogP contribution in [0, 0.1) is 20.8 Å². The lowest BCUT2D eigenvalue weighted by atomic mass is 10.1. The standard InChI is InChI=1S/C19H22ClN3O/c1-12-10-16-17(11-13(12)2)23(9-5-8-20)18-15(19(24)22(16)4)7-6-14(3)21-18/h6-7,10-11H,5,8-9H2,1-4H3. The van der Waals surface area contributed by atoms with Crippen molar-refractivity contribution in [3.05, 3.63) is 46.6 Å². The number of pyridine rings is 1. The van der Waals surface area contributed by atoms with Gasteiger partial charge in [-0.25, -0.2) is 4.98 Å². The number of benzene rings is 1. The minimum atomic E-state index is -0.0321. The normalized spacial score (nSPS) is 13.6. The molecular weight excluding hydrogens is 322 g/mol. The Hall–Kier alpha value is -2.07. The van der Waals surface area contributed by atoms with Crippen molar-refractivity contribution in [1.29, 1.82) is 0 Å². The van der Waals surface area contributed by atoms with E-state index in [-0.39, 0.29) is 5.91 Å². The molecule has 126 valence electrons. The molecule has 1 aromatic carbocycles. The van der Waals surface area contributed by atoms with Gasteiger partial charge in [0, 0.05) is 25.2 Å². The minimum absolute atomic E-state index is 0.0321. The quantitative estimate of drug-likeness (QED) is 0.777. The van der Waals surface area contributed by atoms with E-state index in [0.29, 0.717) is 11.4 Å². The van der Waals surface area contributed by atoms with Crippen molar-refractivity contribution in [2.24, 2.45) is 0 Å². The van der Waals surface area contributed by atoms with E-state index in [2.05, 4.69) is 35.9 Å². The molecule has 0 saturated heterocycles. The third-order valence-electron chi connectivity index (χ3n) is 4.56. The Kier molecular flexibility index (Phi) is 4.50. The second-order valence-corrected chi connectivity index (χ2v) is 6.69. The van der Waals surface area contributed by atoms with Crippen LogP contribution in [-0.4, -0.2) is 30.4 Å². The van der Waals surface area contributed by atoms with E-state index in [1.165, 1.54) is 11.1 Å². The van der Waals surface area contributed by atoms with Crippen molar-refractivity contribution in [3.63, 3.8) is 0 Å². The number of anilines is 3. The zero-order valence-electron chi connectivity index (χ0n) is 14.6. The SMILES string of the molecule is Cc1ccc2c(n1)N(CCCCl)c1cc(C)c(C)cc1N(C)C2=O. The number of alkyl halides is 1. The van der Waals surface area contributed by atoms with Crippen LogP contribution in [0.3, 0.4) is 0 Å². The average molecular weight is 344 g/mol. The van der Waals surface area contributed by atoms with E-state index < -0.39 is 0 Å². The van der Waals surface area contributed by atoms with Gasteiger partial charge in [0.2, 0.25) is 0 Å². The lowest BCUT2D eigenvalue weighted by Crippen LogP contribution is -2.25. The first-order chi connectivity index (χ1) is 11.4. The van der Waals surface area contributed by atoms with Crippen LogP contribution in [0.15, 0.2) is 24.3 Å². The molecule has 4 nitrogen and oxygen atoms in total. The van der Waals surface area contributed by atoms with Gasteiger partial charge in [0.1, 0.15) is 5.82 Å². The van der Waals surface area contributed by atoms with Crippen molar-refractivity contribution < 1.29 is 4.79 Å². The lowest BCUT2D eigenvalue weighted by molar-refractivity contribution is 0.0994. The van der Waals surface area contributed by atoms with Gasteiger partial charge >= 0.3 is 0 Å². The van der Waals surface area contributed by atoms with Crippen molar-refractivity contribution in [2.75, 3.05) is 29.3 Å². The molecular formula is C19H22ClN3O. The van der Waals surface area contributed by atoms with Gasteiger partial charge in [-0.3, -0.25) is 4.79 Å². The molecule has 0 aliphatic carbocycles. The van der Waals surface area contributed by atoms with Crippen LogP contribution in [0.1, 0.15) is 33.6 Å². The van der Waals surface area contributed by atoms with Crippen LogP contribution in [0.5, 0.6) is 0 Å². The molecule has 0 N–H and O–H groups in total. The number of carbonyl (C=O) groups excluding carboxylic acids is 1. The highest BCUT2D eigenvalue weighted by Gasteiger charge is 2.30. The van der Waals surface area contributed by atoms with Gasteiger partial charge in [-0.1, -0.05) is 0 Å². The first-order valence-corrected chi connectivity index (χ1v) is 8.68. The van der Waals surface area contributed by atoms with Crippen molar-refractivity contribution in [3.8, 4) is 0 Å². The van der Waals surface area contributed by atoms with Crippen LogP contribution < -0.4 is 9.80 Å². The Morgan fingerprint density at radius 1 is 1.08 bits per heavy atom. The molecule has 24 heavy (non-hydrogen) atoms. The summed E-state index contributed by atoms with van der Waals surface area (Å²) in [5.41, 5.74) is 5.81. The Morgan fingerprint density at radius 2 is 1.75 bits per heavy atom. The molecule has 0 unspecified atom stereocenters. The third-order valence-corrected chi connectivity index (χ3v) is 4.83. The predicted octanol–water partition coefficient (Wildman–Crippen LogP) is 4.36. The highest BCUT2D eigenvalue weighted by atomic mass is 35.5. The Balaban J connectivity index is 2.29. The fourth-order valence-corrected chi connectivity index (χ4v) is 3.15. The number of aromatic nitrogens is 1. The van der Waals surface area contributed by atoms with Crippen LogP contribution in [0.4, 0.5) is 17.2 Å². The maximum atomic E-state index is 13.0. The fourth-order valence-electron chi connectivity index (χ4n) is 3.03. The zero-order chi connectivity index (χ0) is 17.4. The molecule has 0 saturated carbocycles. The molecule has 1 aliphatic rings. The lowest BCUT2D eigenvalue weighted by Gasteiger charge is -2.26. The molecule has 0 fully saturated rings. The number of halogens is 1. The number of hydrogen-bond donors (Lipinski definition) is 0. The smallest absolute Gasteiger partial charge is 0.261 e. The Bertz CT molecular complexity index is 803. The first kappa shape index (κ1) is 16.8. The molecule has 0 atom stereocenters. The van der Waals surface area contributed by atoms with E-state index in [1.807, 2.05) is 26.1 Å². The highest BCUT2D eigenvalue weighted by Crippen LogP contribution is 2.40. The van der Waals surface area contributed by atoms with Crippen molar-refractivity contribution in [2.45, 2.75) is 27.2 Å². The first-order valence-electron chi connectivity index (χ1n) is 8.14. The predicted molar refractivity (Wildman–Crippen MR) is 100.0 cm³/mol. The number of nitrogens with zero attached hydrogens (tertiary/aromatic N) is 3. The van der Waals surface area contributed by atoms with Gasteiger partial charge in [-0.15, -0.1) is 11.6 Å². The topological polar surface area (TPSA) is 36.4 Å². The summed E-state index contributed by atoms with van der Waals surface area (Å²) in [7, 11) is 1.82. The summed E-state index contributed by atoms with van der Waals surface area (Å²) in [5, 5.41) is 0. The molecule has 1 amide bonds. The summed E-state index contributed by atoms with van der Waals surface area (Å²) in [6, 6.07) is 7.98. The number of amides is 1. The maximum absolute atomic E-state index is 13.0. The number of rotatable bonds is 3. The second kappa shape index (κ2) is 6.44. The summed E-state index contributed by atoms with van der Waals surface area (Å²) >= 11 is 5.94. The van der Waals surface area contributed by atoms with Crippen LogP contribution in [-0.2, 0) is 0 Å². The molecule has 0 radical (unpaired) electrons. The molecule has 2 heterocycles.